The molecule has 8 nitrogen and oxygen atoms in total. The molecule has 0 bridgehead atoms. The molecule has 1 aliphatic carbocycles. The lowest BCUT2D eigenvalue weighted by Gasteiger charge is -2.17. The third-order valence-electron chi connectivity index (χ3n) is 6.79. The lowest BCUT2D eigenvalue weighted by Crippen LogP contribution is -2.30. The maximum absolute atomic E-state index is 13.1. The Labute approximate surface area is 192 Å². The highest BCUT2D eigenvalue weighted by atomic mass is 16.5. The molecule has 4 atom stereocenters. The zero-order valence-electron chi connectivity index (χ0n) is 18.7. The first-order chi connectivity index (χ1) is 16.0. The minimum absolute atomic E-state index is 0.0706. The first kappa shape index (κ1) is 21.7. The van der Waals surface area contributed by atoms with Crippen molar-refractivity contribution < 1.29 is 28.9 Å². The Bertz CT molecular complexity index is 1080. The monoisotopic (exact) mass is 452 g/mol. The third-order valence-corrected chi connectivity index (χ3v) is 6.79. The van der Waals surface area contributed by atoms with Gasteiger partial charge in [0.25, 0.3) is 11.8 Å². The fourth-order valence-electron chi connectivity index (χ4n) is 5.06. The van der Waals surface area contributed by atoms with Crippen LogP contribution in [0.2, 0.25) is 0 Å². The van der Waals surface area contributed by atoms with E-state index in [0.717, 1.165) is 11.1 Å². The van der Waals surface area contributed by atoms with Crippen LogP contribution in [0.25, 0.3) is 0 Å². The van der Waals surface area contributed by atoms with E-state index in [-0.39, 0.29) is 43.1 Å². The molecule has 2 aliphatic heterocycles. The Morgan fingerprint density at radius 2 is 1.94 bits per heavy atom. The lowest BCUT2D eigenvalue weighted by atomic mass is 9.86. The maximum atomic E-state index is 13.1. The quantitative estimate of drug-likeness (QED) is 0.591. The van der Waals surface area contributed by atoms with E-state index in [9.17, 15) is 9.59 Å². The second kappa shape index (κ2) is 8.68. The topological polar surface area (TPSA) is 106 Å². The van der Waals surface area contributed by atoms with Gasteiger partial charge in [-0.15, -0.1) is 0 Å². The number of carbonyl (C=O) groups is 2. The standard InChI is InChI=1S/C25H28N2O6/c1-13-21(14-4-3-5-16(8-14)32-7-6-28)17-9-15(10-18(23(17)33-13)25(30)26-2)24(29)27-22-19-11-31-12-20(19)22/h3-5,8-10,13,19-22,28H,6-7,11-12H2,1-2H3,(H,26,30)(H,27,29)/t13-,19?,20?,21?,22?/m0/s1. The zero-order valence-corrected chi connectivity index (χ0v) is 18.7. The van der Waals surface area contributed by atoms with Crippen molar-refractivity contribution in [3.63, 3.8) is 0 Å². The number of nitrogens with one attached hydrogen (secondary N) is 2. The number of hydrogen-bond donors (Lipinski definition) is 3. The molecule has 1 saturated carbocycles. The number of ether oxygens (including phenoxy) is 3. The van der Waals surface area contributed by atoms with E-state index in [0.29, 0.717) is 47.7 Å². The summed E-state index contributed by atoms with van der Waals surface area (Å²) in [6.45, 7) is 3.45. The lowest BCUT2D eigenvalue weighted by molar-refractivity contribution is 0.0928. The van der Waals surface area contributed by atoms with Crippen LogP contribution in [0, 0.1) is 11.8 Å². The largest absolute Gasteiger partial charge is 0.491 e. The summed E-state index contributed by atoms with van der Waals surface area (Å²) in [6, 6.07) is 11.2. The van der Waals surface area contributed by atoms with Crippen LogP contribution < -0.4 is 20.1 Å². The molecule has 0 radical (unpaired) electrons. The normalized spacial score (nSPS) is 26.7. The Morgan fingerprint density at radius 3 is 2.67 bits per heavy atom. The summed E-state index contributed by atoms with van der Waals surface area (Å²) in [7, 11) is 1.56. The summed E-state index contributed by atoms with van der Waals surface area (Å²) in [5.74, 6) is 1.25. The molecule has 5 rings (SSSR count). The van der Waals surface area contributed by atoms with Crippen LogP contribution in [0.5, 0.6) is 11.5 Å². The first-order valence-corrected chi connectivity index (χ1v) is 11.3. The van der Waals surface area contributed by atoms with Gasteiger partial charge < -0.3 is 30.0 Å². The van der Waals surface area contributed by atoms with Crippen molar-refractivity contribution in [1.29, 1.82) is 0 Å². The molecular formula is C25H28N2O6. The Kier molecular flexibility index (Phi) is 5.72. The molecule has 2 aromatic carbocycles. The third kappa shape index (κ3) is 3.94. The van der Waals surface area contributed by atoms with Gasteiger partial charge >= 0.3 is 0 Å². The Morgan fingerprint density at radius 1 is 1.15 bits per heavy atom. The van der Waals surface area contributed by atoms with Gasteiger partial charge in [-0.05, 0) is 36.8 Å². The van der Waals surface area contributed by atoms with Gasteiger partial charge in [0, 0.05) is 42.0 Å². The molecule has 3 N–H and O–H groups in total. The van der Waals surface area contributed by atoms with Crippen molar-refractivity contribution in [2.75, 3.05) is 33.5 Å². The number of benzene rings is 2. The van der Waals surface area contributed by atoms with Crippen molar-refractivity contribution in [3.05, 3.63) is 58.7 Å². The van der Waals surface area contributed by atoms with Crippen LogP contribution in [0.4, 0.5) is 0 Å². The average Bonchev–Trinajstić information content (AvgIpc) is 3.15. The van der Waals surface area contributed by atoms with Crippen LogP contribution in [-0.2, 0) is 4.74 Å². The molecule has 2 amide bonds. The summed E-state index contributed by atoms with van der Waals surface area (Å²) < 4.78 is 17.1. The predicted octanol–water partition coefficient (Wildman–Crippen LogP) is 1.70. The average molecular weight is 453 g/mol. The van der Waals surface area contributed by atoms with E-state index >= 15 is 0 Å². The summed E-state index contributed by atoms with van der Waals surface area (Å²) >= 11 is 0. The number of carbonyl (C=O) groups excluding carboxylic acids is 2. The first-order valence-electron chi connectivity index (χ1n) is 11.3. The van der Waals surface area contributed by atoms with Crippen molar-refractivity contribution in [2.24, 2.45) is 11.8 Å². The molecule has 2 aromatic rings. The summed E-state index contributed by atoms with van der Waals surface area (Å²) in [4.78, 5) is 25.8. The number of aliphatic hydroxyl groups is 1. The highest BCUT2D eigenvalue weighted by Crippen LogP contribution is 2.46. The van der Waals surface area contributed by atoms with E-state index in [2.05, 4.69) is 10.6 Å². The van der Waals surface area contributed by atoms with Gasteiger partial charge in [0.2, 0.25) is 0 Å². The van der Waals surface area contributed by atoms with Crippen LogP contribution in [0.1, 0.15) is 44.7 Å². The molecule has 0 aromatic heterocycles. The second-order valence-corrected chi connectivity index (χ2v) is 8.83. The Hall–Kier alpha value is -3.10. The van der Waals surface area contributed by atoms with E-state index in [1.165, 1.54) is 0 Å². The fraction of sp³-hybridized carbons (Fsp3) is 0.440. The fourth-order valence-corrected chi connectivity index (χ4v) is 5.06. The predicted molar refractivity (Wildman–Crippen MR) is 120 cm³/mol. The van der Waals surface area contributed by atoms with E-state index in [4.69, 9.17) is 19.3 Å². The van der Waals surface area contributed by atoms with Gasteiger partial charge in [-0.1, -0.05) is 12.1 Å². The van der Waals surface area contributed by atoms with Crippen molar-refractivity contribution in [1.82, 2.24) is 10.6 Å². The zero-order chi connectivity index (χ0) is 23.1. The molecule has 8 heteroatoms. The van der Waals surface area contributed by atoms with E-state index in [1.54, 1.807) is 13.1 Å². The van der Waals surface area contributed by atoms with Crippen LogP contribution >= 0.6 is 0 Å². The van der Waals surface area contributed by atoms with Gasteiger partial charge in [0.1, 0.15) is 24.2 Å². The molecule has 1 saturated heterocycles. The minimum atomic E-state index is -0.300. The number of hydrogen-bond acceptors (Lipinski definition) is 6. The molecule has 3 aliphatic rings. The van der Waals surface area contributed by atoms with Gasteiger partial charge in [-0.25, -0.2) is 0 Å². The molecule has 174 valence electrons. The summed E-state index contributed by atoms with van der Waals surface area (Å²) in [5, 5.41) is 14.8. The highest BCUT2D eigenvalue weighted by Gasteiger charge is 2.54. The summed E-state index contributed by atoms with van der Waals surface area (Å²) in [5.41, 5.74) is 2.54. The molecule has 3 unspecified atom stereocenters. The second-order valence-electron chi connectivity index (χ2n) is 8.83. The van der Waals surface area contributed by atoms with E-state index in [1.807, 2.05) is 37.3 Å². The molecule has 33 heavy (non-hydrogen) atoms. The summed E-state index contributed by atoms with van der Waals surface area (Å²) in [6.07, 6.45) is -0.241. The number of aliphatic hydroxyl groups excluding tert-OH is 1. The van der Waals surface area contributed by atoms with Crippen LogP contribution in [0.3, 0.4) is 0 Å². The molecule has 2 fully saturated rings. The van der Waals surface area contributed by atoms with Gasteiger partial charge in [-0.3, -0.25) is 9.59 Å². The maximum Gasteiger partial charge on any atom is 0.254 e. The molecular weight excluding hydrogens is 424 g/mol. The number of rotatable bonds is 7. The van der Waals surface area contributed by atoms with Crippen LogP contribution in [-0.4, -0.2) is 62.5 Å². The number of amides is 2. The van der Waals surface area contributed by atoms with Crippen LogP contribution in [0.15, 0.2) is 36.4 Å². The van der Waals surface area contributed by atoms with Crippen molar-refractivity contribution in [2.45, 2.75) is 25.0 Å². The van der Waals surface area contributed by atoms with Gasteiger partial charge in [-0.2, -0.15) is 0 Å². The van der Waals surface area contributed by atoms with Gasteiger partial charge in [0.15, 0.2) is 0 Å². The molecule has 0 spiro atoms. The van der Waals surface area contributed by atoms with Gasteiger partial charge in [0.05, 0.1) is 25.4 Å². The minimum Gasteiger partial charge on any atom is -0.491 e. The SMILES string of the molecule is CNC(=O)c1cc(C(=O)NC2C3COCC32)cc2c1O[C@@H](C)C2c1cccc(OCCO)c1. The van der Waals surface area contributed by atoms with Crippen molar-refractivity contribution >= 4 is 11.8 Å². The smallest absolute Gasteiger partial charge is 0.254 e. The van der Waals surface area contributed by atoms with E-state index < -0.39 is 0 Å². The van der Waals surface area contributed by atoms with Crippen molar-refractivity contribution in [3.8, 4) is 11.5 Å². The highest BCUT2D eigenvalue weighted by molar-refractivity contribution is 6.02. The molecule has 2 heterocycles. The number of fused-ring (bicyclic) bond motifs is 2. The Balaban J connectivity index is 1.50.